The Kier molecular flexibility index (Phi) is 4.26. The van der Waals surface area contributed by atoms with Gasteiger partial charge < -0.3 is 5.41 Å². The molecular formula is C15H14N4OS. The lowest BCUT2D eigenvalue weighted by Gasteiger charge is -2.43. The summed E-state index contributed by atoms with van der Waals surface area (Å²) in [4.78, 5) is 12.1. The monoisotopic (exact) mass is 298 g/mol. The summed E-state index contributed by atoms with van der Waals surface area (Å²) in [7, 11) is 0. The first-order chi connectivity index (χ1) is 9.63. The van der Waals surface area contributed by atoms with Crippen LogP contribution in [0.1, 0.15) is 27.7 Å². The van der Waals surface area contributed by atoms with Crippen molar-refractivity contribution in [2.75, 3.05) is 5.75 Å². The van der Waals surface area contributed by atoms with E-state index in [2.05, 4.69) is 0 Å². The van der Waals surface area contributed by atoms with Crippen molar-refractivity contribution in [2.24, 2.45) is 16.2 Å². The van der Waals surface area contributed by atoms with E-state index in [9.17, 15) is 15.3 Å². The topological polar surface area (TPSA) is 111 Å². The van der Waals surface area contributed by atoms with Gasteiger partial charge in [-0.05, 0) is 27.7 Å². The first-order valence-corrected chi connectivity index (χ1v) is 7.18. The van der Waals surface area contributed by atoms with Crippen molar-refractivity contribution in [3.63, 3.8) is 0 Å². The standard InChI is InChI=1S/C15H14N4OS/c1-13(2)11(20)14(3,4)12(13)21-9-15(7-18,8-19)10(5-16)6-17/h9H2,1-4H3. The number of hydrogen-bond acceptors (Lipinski definition) is 5. The minimum absolute atomic E-state index is 0.0358. The van der Waals surface area contributed by atoms with Gasteiger partial charge in [-0.25, -0.2) is 0 Å². The number of thioether (sulfide) groups is 1. The number of nitrogens with zero attached hydrogens (tertiary/aromatic N) is 4. The van der Waals surface area contributed by atoms with Crippen LogP contribution in [0.2, 0.25) is 0 Å². The Bertz CT molecular complexity index is 619. The smallest absolute Gasteiger partial charge is 0.234 e. The molecule has 5 nitrogen and oxygen atoms in total. The number of allylic oxidation sites excluding steroid dienone is 1. The average molecular weight is 298 g/mol. The van der Waals surface area contributed by atoms with E-state index in [0.717, 1.165) is 5.25 Å². The quantitative estimate of drug-likeness (QED) is 0.450. The van der Waals surface area contributed by atoms with Crippen LogP contribution in [0, 0.1) is 55.5 Å². The second-order valence-corrected chi connectivity index (χ2v) is 6.91. The van der Waals surface area contributed by atoms with Crippen molar-refractivity contribution >= 4 is 23.4 Å². The molecule has 0 spiro atoms. The van der Waals surface area contributed by atoms with Gasteiger partial charge in [0.2, 0.25) is 5.78 Å². The molecule has 1 aliphatic rings. The highest BCUT2D eigenvalue weighted by Crippen LogP contribution is 2.63. The highest BCUT2D eigenvalue weighted by atomic mass is 32.2. The molecule has 0 heterocycles. The lowest BCUT2D eigenvalue weighted by atomic mass is 9.54. The largest absolute Gasteiger partial charge is 0.762 e. The summed E-state index contributed by atoms with van der Waals surface area (Å²) in [6, 6.07) is 5.17. The highest BCUT2D eigenvalue weighted by molar-refractivity contribution is 8.02. The fraction of sp³-hybridized carbons (Fsp3) is 0.533. The molecule has 0 saturated heterocycles. The first kappa shape index (κ1) is 16.9. The van der Waals surface area contributed by atoms with Gasteiger partial charge in [-0.1, -0.05) is 0 Å². The van der Waals surface area contributed by atoms with Gasteiger partial charge in [0.05, 0.1) is 35.2 Å². The molecule has 0 aromatic heterocycles. The molecule has 21 heavy (non-hydrogen) atoms. The molecule has 0 radical (unpaired) electrons. The first-order valence-electron chi connectivity index (χ1n) is 6.19. The van der Waals surface area contributed by atoms with Crippen LogP contribution < -0.4 is 0 Å². The normalized spacial score (nSPS) is 18.5. The molecule has 0 aromatic carbocycles. The number of carbonyl (C=O) groups is 1. The molecule has 1 fully saturated rings. The van der Waals surface area contributed by atoms with Crippen LogP contribution in [0.3, 0.4) is 0 Å². The van der Waals surface area contributed by atoms with Crippen LogP contribution >= 0.6 is 11.8 Å². The number of Topliss-reactive ketones (excluding diaryl/α,β-unsaturated/α-hetero) is 1. The summed E-state index contributed by atoms with van der Waals surface area (Å²) in [6.45, 7) is 7.18. The maximum absolute atomic E-state index is 12.1. The summed E-state index contributed by atoms with van der Waals surface area (Å²) >= 11 is 1.22. The molecule has 0 aromatic rings. The summed E-state index contributed by atoms with van der Waals surface area (Å²) in [5, 5.41) is 37.2. The zero-order chi connectivity index (χ0) is 16.5. The van der Waals surface area contributed by atoms with Crippen LogP contribution in [0.5, 0.6) is 0 Å². The van der Waals surface area contributed by atoms with Crippen molar-refractivity contribution < 1.29 is 4.79 Å². The lowest BCUT2D eigenvalue weighted by Crippen LogP contribution is -2.57. The van der Waals surface area contributed by atoms with Crippen LogP contribution in [0.25, 0.3) is 5.41 Å². The maximum Gasteiger partial charge on any atom is 0.234 e. The Morgan fingerprint density at radius 2 is 1.71 bits per heavy atom. The van der Waals surface area contributed by atoms with Crippen LogP contribution in [0.15, 0.2) is 5.57 Å². The van der Waals surface area contributed by atoms with Crippen molar-refractivity contribution in [2.45, 2.75) is 27.7 Å². The summed E-state index contributed by atoms with van der Waals surface area (Å²) in [6.07, 6.45) is 0. The number of nitriles is 3. The molecule has 0 unspecified atom stereocenters. The van der Waals surface area contributed by atoms with Gasteiger partial charge in [-0.15, -0.1) is 0 Å². The second kappa shape index (κ2) is 5.30. The molecule has 0 atom stereocenters. The van der Waals surface area contributed by atoms with E-state index in [0.29, 0.717) is 0 Å². The molecule has 0 N–H and O–H groups in total. The second-order valence-electron chi connectivity index (χ2n) is 5.92. The van der Waals surface area contributed by atoms with Crippen LogP contribution in [0.4, 0.5) is 0 Å². The van der Waals surface area contributed by atoms with Crippen molar-refractivity contribution in [3.8, 4) is 18.2 Å². The minimum atomic E-state index is -1.77. The number of rotatable bonds is 4. The van der Waals surface area contributed by atoms with Gasteiger partial charge in [0.25, 0.3) is 0 Å². The average Bonchev–Trinajstić information content (AvgIpc) is 2.45. The number of carbonyl (C=O) groups excluding carboxylic acids is 1. The molecule has 6 heteroatoms. The zero-order valence-corrected chi connectivity index (χ0v) is 13.1. The van der Waals surface area contributed by atoms with E-state index in [1.54, 1.807) is 51.8 Å². The number of ketones is 1. The Hall–Kier alpha value is -2.19. The van der Waals surface area contributed by atoms with Crippen LogP contribution in [-0.2, 0) is 4.79 Å². The molecule has 0 aliphatic heterocycles. The maximum atomic E-state index is 12.1. The molecule has 1 saturated carbocycles. The van der Waals surface area contributed by atoms with Gasteiger partial charge in [0.15, 0.2) is 21.5 Å². The molecule has 0 bridgehead atoms. The van der Waals surface area contributed by atoms with E-state index in [1.807, 2.05) is 0 Å². The third kappa shape index (κ3) is 2.32. The molecule has 1 aliphatic carbocycles. The minimum Gasteiger partial charge on any atom is -0.762 e. The lowest BCUT2D eigenvalue weighted by molar-refractivity contribution is -0.143. The Morgan fingerprint density at radius 3 is 2.05 bits per heavy atom. The molecule has 1 rings (SSSR count). The zero-order valence-electron chi connectivity index (χ0n) is 12.3. The van der Waals surface area contributed by atoms with Gasteiger partial charge in [0, 0.05) is 0 Å². The predicted octanol–water partition coefficient (Wildman–Crippen LogP) is 2.61. The molecule has 106 valence electrons. The van der Waals surface area contributed by atoms with E-state index in [-0.39, 0.29) is 11.5 Å². The van der Waals surface area contributed by atoms with Crippen LogP contribution in [-0.4, -0.2) is 17.4 Å². The Labute approximate surface area is 128 Å². The third-order valence-corrected chi connectivity index (χ3v) is 5.62. The fourth-order valence-corrected chi connectivity index (χ4v) is 4.28. The van der Waals surface area contributed by atoms with Crippen molar-refractivity contribution in [1.29, 1.82) is 15.8 Å². The SMILES string of the molecule is CC1(C)C(=O)C(C)(C)[C+]1SCC(C#N)(C#N)C(=C=[N-])C#N. The summed E-state index contributed by atoms with van der Waals surface area (Å²) in [5.41, 5.74) is -3.43. The van der Waals surface area contributed by atoms with Gasteiger partial charge in [0.1, 0.15) is 6.07 Å². The van der Waals surface area contributed by atoms with E-state index < -0.39 is 21.8 Å². The predicted molar refractivity (Wildman–Crippen MR) is 79.4 cm³/mol. The van der Waals surface area contributed by atoms with Crippen molar-refractivity contribution in [1.82, 2.24) is 0 Å². The summed E-state index contributed by atoms with van der Waals surface area (Å²) < 4.78 is 0. The van der Waals surface area contributed by atoms with E-state index in [4.69, 9.17) is 10.7 Å². The van der Waals surface area contributed by atoms with E-state index in [1.165, 1.54) is 11.8 Å². The fourth-order valence-electron chi connectivity index (χ4n) is 2.74. The Morgan fingerprint density at radius 1 is 1.24 bits per heavy atom. The Balaban J connectivity index is 3.05. The summed E-state index contributed by atoms with van der Waals surface area (Å²) in [5.74, 6) is 1.69. The molecular weight excluding hydrogens is 284 g/mol. The van der Waals surface area contributed by atoms with Gasteiger partial charge in [-0.2, -0.15) is 15.8 Å². The number of hydrogen-bond donors (Lipinski definition) is 0. The van der Waals surface area contributed by atoms with E-state index >= 15 is 0 Å². The van der Waals surface area contributed by atoms with Gasteiger partial charge >= 0.3 is 0 Å². The highest BCUT2D eigenvalue weighted by Gasteiger charge is 2.74. The van der Waals surface area contributed by atoms with Crippen molar-refractivity contribution in [3.05, 3.63) is 16.2 Å². The third-order valence-electron chi connectivity index (χ3n) is 3.74. The molecule has 0 amide bonds. The van der Waals surface area contributed by atoms with Gasteiger partial charge in [-0.3, -0.25) is 10.7 Å².